The number of carbonyl (C=O) groups excluding carboxylic acids is 2. The van der Waals surface area contributed by atoms with Gasteiger partial charge in [-0.05, 0) is 24.6 Å². The zero-order chi connectivity index (χ0) is 20.0. The van der Waals surface area contributed by atoms with E-state index in [4.69, 9.17) is 32.7 Å². The van der Waals surface area contributed by atoms with Gasteiger partial charge in [0.2, 0.25) is 0 Å². The first-order valence-electron chi connectivity index (χ1n) is 8.38. The van der Waals surface area contributed by atoms with Crippen LogP contribution in [0.2, 0.25) is 0 Å². The van der Waals surface area contributed by atoms with Gasteiger partial charge in [0.25, 0.3) is 0 Å². The van der Waals surface area contributed by atoms with Gasteiger partial charge in [0, 0.05) is 30.5 Å². The molecule has 9 heteroatoms. The van der Waals surface area contributed by atoms with E-state index >= 15 is 0 Å². The van der Waals surface area contributed by atoms with Gasteiger partial charge in [0.15, 0.2) is 0 Å². The normalized spacial score (nSPS) is 16.5. The topological polar surface area (TPSA) is 79.9 Å². The summed E-state index contributed by atoms with van der Waals surface area (Å²) in [7, 11) is 2.86. The fourth-order valence-corrected chi connectivity index (χ4v) is 3.42. The number of carbonyl (C=O) groups is 2. The van der Waals surface area contributed by atoms with E-state index in [2.05, 4.69) is 10.6 Å². The molecule has 1 unspecified atom stereocenters. The van der Waals surface area contributed by atoms with E-state index in [0.29, 0.717) is 47.4 Å². The van der Waals surface area contributed by atoms with E-state index in [1.165, 1.54) is 7.11 Å². The second kappa shape index (κ2) is 9.71. The Balaban J connectivity index is 2.47. The lowest BCUT2D eigenvalue weighted by Gasteiger charge is -2.29. The fourth-order valence-electron chi connectivity index (χ4n) is 3.02. The van der Waals surface area contributed by atoms with Gasteiger partial charge < -0.3 is 25.0 Å². The monoisotopic (exact) mass is 415 g/mol. The van der Waals surface area contributed by atoms with Crippen LogP contribution in [-0.2, 0) is 9.53 Å². The van der Waals surface area contributed by atoms with Gasteiger partial charge in [0.1, 0.15) is 5.75 Å². The Morgan fingerprint density at radius 1 is 1.22 bits per heavy atom. The summed E-state index contributed by atoms with van der Waals surface area (Å²) in [5.74, 6) is 0.970. The third-order valence-electron chi connectivity index (χ3n) is 4.26. The Hall–Kier alpha value is -2.12. The first-order valence-corrected chi connectivity index (χ1v) is 9.45. The average molecular weight is 416 g/mol. The van der Waals surface area contributed by atoms with Crippen LogP contribution in [0.3, 0.4) is 0 Å². The number of anilines is 1. The Morgan fingerprint density at radius 3 is 2.44 bits per heavy atom. The van der Waals surface area contributed by atoms with Crippen molar-refractivity contribution in [2.24, 2.45) is 0 Å². The summed E-state index contributed by atoms with van der Waals surface area (Å²) in [6.07, 6.45) is 0. The quantitative estimate of drug-likeness (QED) is 0.503. The predicted octanol–water partition coefficient (Wildman–Crippen LogP) is 2.78. The molecular formula is C18H23Cl2N3O4. The van der Waals surface area contributed by atoms with Crippen LogP contribution >= 0.6 is 23.2 Å². The maximum atomic E-state index is 12.2. The Morgan fingerprint density at radius 2 is 1.89 bits per heavy atom. The van der Waals surface area contributed by atoms with Crippen molar-refractivity contribution >= 4 is 40.9 Å². The number of ether oxygens (including phenoxy) is 2. The Labute approximate surface area is 168 Å². The lowest BCUT2D eigenvalue weighted by molar-refractivity contribution is -0.136. The second-order valence-corrected chi connectivity index (χ2v) is 6.61. The van der Waals surface area contributed by atoms with Gasteiger partial charge in [-0.15, -0.1) is 23.2 Å². The van der Waals surface area contributed by atoms with E-state index in [0.717, 1.165) is 5.69 Å². The number of rotatable bonds is 8. The maximum Gasteiger partial charge on any atom is 0.337 e. The van der Waals surface area contributed by atoms with Crippen molar-refractivity contribution in [3.63, 3.8) is 0 Å². The minimum Gasteiger partial charge on any atom is -0.495 e. The molecule has 2 N–H and O–H groups in total. The van der Waals surface area contributed by atoms with Gasteiger partial charge in [-0.25, -0.2) is 9.59 Å². The van der Waals surface area contributed by atoms with Crippen molar-refractivity contribution in [1.29, 1.82) is 0 Å². The molecule has 1 aromatic rings. The molecule has 1 aromatic carbocycles. The number of allylic oxidation sites excluding steroid dienone is 1. The molecule has 1 aliphatic rings. The lowest BCUT2D eigenvalue weighted by Crippen LogP contribution is -2.45. The standard InChI is InChI=1S/C18H23Cl2N3O4/c1-11-15(17(24)27-3)16(22-18(25)21-11)12-4-5-13(14(10-12)26-2)23(8-6-19)9-7-20/h4-5,10,16H,6-9H2,1-3H3,(H2,21,22,25). The van der Waals surface area contributed by atoms with Crippen molar-refractivity contribution in [2.75, 3.05) is 44.0 Å². The van der Waals surface area contributed by atoms with E-state index in [9.17, 15) is 9.59 Å². The van der Waals surface area contributed by atoms with Gasteiger partial charge in [-0.1, -0.05) is 6.07 Å². The number of hydrogen-bond donors (Lipinski definition) is 2. The number of nitrogens with one attached hydrogen (secondary N) is 2. The Bertz CT molecular complexity index is 733. The molecule has 0 bridgehead atoms. The number of alkyl halides is 2. The first-order chi connectivity index (χ1) is 13.0. The first kappa shape index (κ1) is 21.2. The largest absolute Gasteiger partial charge is 0.495 e. The van der Waals surface area contributed by atoms with Crippen molar-refractivity contribution < 1.29 is 19.1 Å². The molecular weight excluding hydrogens is 393 g/mol. The van der Waals surface area contributed by atoms with Crippen LogP contribution in [0.15, 0.2) is 29.5 Å². The third-order valence-corrected chi connectivity index (χ3v) is 4.60. The number of halogens is 2. The number of benzene rings is 1. The highest BCUT2D eigenvalue weighted by Crippen LogP contribution is 2.35. The summed E-state index contributed by atoms with van der Waals surface area (Å²) in [6, 6.07) is 4.45. The molecule has 0 aromatic heterocycles. The summed E-state index contributed by atoms with van der Waals surface area (Å²) < 4.78 is 10.4. The molecule has 0 spiro atoms. The molecule has 1 heterocycles. The highest BCUT2D eigenvalue weighted by atomic mass is 35.5. The van der Waals surface area contributed by atoms with Crippen molar-refractivity contribution in [3.8, 4) is 5.75 Å². The van der Waals surface area contributed by atoms with Gasteiger partial charge >= 0.3 is 12.0 Å². The van der Waals surface area contributed by atoms with Crippen molar-refractivity contribution in [2.45, 2.75) is 13.0 Å². The molecule has 27 heavy (non-hydrogen) atoms. The molecule has 1 aliphatic heterocycles. The fraction of sp³-hybridized carbons (Fsp3) is 0.444. The molecule has 0 saturated carbocycles. The molecule has 7 nitrogen and oxygen atoms in total. The SMILES string of the molecule is COC(=O)C1=C(C)NC(=O)NC1c1ccc(N(CCCl)CCCl)c(OC)c1. The average Bonchev–Trinajstić information content (AvgIpc) is 2.66. The highest BCUT2D eigenvalue weighted by molar-refractivity contribution is 6.18. The van der Waals surface area contributed by atoms with E-state index in [1.54, 1.807) is 20.1 Å². The van der Waals surface area contributed by atoms with Crippen LogP contribution in [0.4, 0.5) is 10.5 Å². The lowest BCUT2D eigenvalue weighted by atomic mass is 9.95. The summed E-state index contributed by atoms with van der Waals surface area (Å²) >= 11 is 11.8. The molecule has 1 atom stereocenters. The smallest absolute Gasteiger partial charge is 0.337 e. The molecule has 0 fully saturated rings. The van der Waals surface area contributed by atoms with Crippen LogP contribution in [0, 0.1) is 0 Å². The van der Waals surface area contributed by atoms with Gasteiger partial charge in [-0.3, -0.25) is 0 Å². The number of methoxy groups -OCH3 is 2. The van der Waals surface area contributed by atoms with E-state index in [1.807, 2.05) is 17.0 Å². The minimum absolute atomic E-state index is 0.338. The molecule has 2 rings (SSSR count). The van der Waals surface area contributed by atoms with Crippen LogP contribution in [-0.4, -0.2) is 51.1 Å². The van der Waals surface area contributed by atoms with Crippen molar-refractivity contribution in [1.82, 2.24) is 10.6 Å². The number of hydrogen-bond acceptors (Lipinski definition) is 5. The molecule has 0 radical (unpaired) electrons. The summed E-state index contributed by atoms with van der Waals surface area (Å²) in [5.41, 5.74) is 2.32. The van der Waals surface area contributed by atoms with E-state index in [-0.39, 0.29) is 6.03 Å². The number of urea groups is 1. The van der Waals surface area contributed by atoms with Crippen molar-refractivity contribution in [3.05, 3.63) is 35.0 Å². The molecule has 0 saturated heterocycles. The zero-order valence-corrected chi connectivity index (χ0v) is 17.0. The molecule has 148 valence electrons. The minimum atomic E-state index is -0.649. The van der Waals surface area contributed by atoms with E-state index < -0.39 is 12.0 Å². The van der Waals surface area contributed by atoms with Crippen LogP contribution in [0.1, 0.15) is 18.5 Å². The van der Waals surface area contributed by atoms with Gasteiger partial charge in [-0.2, -0.15) is 0 Å². The Kier molecular flexibility index (Phi) is 7.62. The summed E-state index contributed by atoms with van der Waals surface area (Å²) in [5, 5.41) is 5.35. The summed E-state index contributed by atoms with van der Waals surface area (Å²) in [4.78, 5) is 26.2. The van der Waals surface area contributed by atoms with Gasteiger partial charge in [0.05, 0.1) is 31.5 Å². The second-order valence-electron chi connectivity index (χ2n) is 5.86. The number of amides is 2. The van der Waals surface area contributed by atoms with Crippen LogP contribution in [0.25, 0.3) is 0 Å². The predicted molar refractivity (Wildman–Crippen MR) is 106 cm³/mol. The number of nitrogens with zero attached hydrogens (tertiary/aromatic N) is 1. The third kappa shape index (κ3) is 4.78. The number of esters is 1. The molecule has 2 amide bonds. The highest BCUT2D eigenvalue weighted by Gasteiger charge is 2.32. The van der Waals surface area contributed by atoms with Crippen LogP contribution in [0.5, 0.6) is 5.75 Å². The zero-order valence-electron chi connectivity index (χ0n) is 15.5. The maximum absolute atomic E-state index is 12.2. The molecule has 0 aliphatic carbocycles. The van der Waals surface area contributed by atoms with Crippen LogP contribution < -0.4 is 20.3 Å². The summed E-state index contributed by atoms with van der Waals surface area (Å²) in [6.45, 7) is 2.88.